The number of nitrogens with zero attached hydrogens (tertiary/aromatic N) is 4. The minimum absolute atomic E-state index is 0.720. The van der Waals surface area contributed by atoms with E-state index < -0.39 is 0 Å². The molecular weight excluding hydrogens is 412 g/mol. The van der Waals surface area contributed by atoms with Crippen molar-refractivity contribution >= 4 is 23.1 Å². The largest absolute Gasteiger partial charge is 0.455 e. The Morgan fingerprint density at radius 1 is 0.839 bits per heavy atom. The first kappa shape index (κ1) is 20.8. The van der Waals surface area contributed by atoms with Crippen molar-refractivity contribution in [3.8, 4) is 11.5 Å². The van der Waals surface area contributed by atoms with Gasteiger partial charge in [0.05, 0.1) is 13.2 Å². The lowest BCUT2D eigenvalue weighted by Gasteiger charge is -2.38. The van der Waals surface area contributed by atoms with Crippen LogP contribution in [-0.2, 0) is 11.2 Å². The second kappa shape index (κ2) is 9.57. The molecule has 3 aliphatic rings. The molecule has 0 aliphatic carbocycles. The molecule has 2 aromatic rings. The molecule has 6 nitrogen and oxygen atoms in total. The topological polar surface area (TPSA) is 40.5 Å². The molecule has 7 heteroatoms. The molecule has 0 bridgehead atoms. The van der Waals surface area contributed by atoms with Gasteiger partial charge in [-0.1, -0.05) is 23.7 Å². The van der Waals surface area contributed by atoms with E-state index in [1.165, 1.54) is 0 Å². The average Bonchev–Trinajstić information content (AvgIpc) is 2.80. The summed E-state index contributed by atoms with van der Waals surface area (Å²) in [7, 11) is 0. The van der Waals surface area contributed by atoms with Crippen molar-refractivity contribution in [2.24, 2.45) is 4.99 Å². The van der Waals surface area contributed by atoms with Crippen LogP contribution in [0.15, 0.2) is 47.5 Å². The number of halogens is 1. The minimum atomic E-state index is 0.720. The first-order valence-corrected chi connectivity index (χ1v) is 11.5. The van der Waals surface area contributed by atoms with Gasteiger partial charge in [-0.25, -0.2) is 4.99 Å². The Kier molecular flexibility index (Phi) is 6.41. The van der Waals surface area contributed by atoms with Gasteiger partial charge in [-0.3, -0.25) is 9.80 Å². The van der Waals surface area contributed by atoms with Gasteiger partial charge in [0.1, 0.15) is 17.3 Å². The summed E-state index contributed by atoms with van der Waals surface area (Å²) >= 11 is 6.29. The highest BCUT2D eigenvalue weighted by Crippen LogP contribution is 2.37. The molecule has 5 rings (SSSR count). The van der Waals surface area contributed by atoms with Gasteiger partial charge >= 0.3 is 0 Å². The Hall–Kier alpha value is -2.12. The lowest BCUT2D eigenvalue weighted by Crippen LogP contribution is -2.51. The molecule has 0 aromatic heterocycles. The van der Waals surface area contributed by atoms with Crippen LogP contribution in [0.4, 0.5) is 5.69 Å². The highest BCUT2D eigenvalue weighted by molar-refractivity contribution is 6.30. The lowest BCUT2D eigenvalue weighted by atomic mass is 10.1. The number of piperazine rings is 1. The van der Waals surface area contributed by atoms with E-state index in [0.717, 1.165) is 106 Å². The number of rotatable bonds is 3. The predicted molar refractivity (Wildman–Crippen MR) is 124 cm³/mol. The van der Waals surface area contributed by atoms with Crippen LogP contribution in [-0.4, -0.2) is 86.1 Å². The lowest BCUT2D eigenvalue weighted by molar-refractivity contribution is 0.0315. The molecule has 0 N–H and O–H groups in total. The average molecular weight is 441 g/mol. The fourth-order valence-corrected chi connectivity index (χ4v) is 4.60. The summed E-state index contributed by atoms with van der Waals surface area (Å²) in [5.41, 5.74) is 1.96. The Labute approximate surface area is 189 Å². The molecule has 2 saturated heterocycles. The van der Waals surface area contributed by atoms with Crippen LogP contribution >= 0.6 is 11.6 Å². The molecule has 0 saturated carbocycles. The number of aliphatic imine (C=N–C) groups is 1. The smallest absolute Gasteiger partial charge is 0.153 e. The second-order valence-corrected chi connectivity index (χ2v) is 8.75. The molecule has 2 fully saturated rings. The van der Waals surface area contributed by atoms with Crippen molar-refractivity contribution in [1.82, 2.24) is 14.7 Å². The fraction of sp³-hybridized carbons (Fsp3) is 0.458. The number of hydrogen-bond donors (Lipinski definition) is 0. The molecule has 0 atom stereocenters. The zero-order chi connectivity index (χ0) is 21.0. The maximum atomic E-state index is 6.29. The van der Waals surface area contributed by atoms with Crippen molar-refractivity contribution in [1.29, 1.82) is 0 Å². The van der Waals surface area contributed by atoms with Gasteiger partial charge < -0.3 is 14.4 Å². The zero-order valence-electron chi connectivity index (χ0n) is 17.8. The van der Waals surface area contributed by atoms with Crippen LogP contribution in [0.25, 0.3) is 0 Å². The summed E-state index contributed by atoms with van der Waals surface area (Å²) < 4.78 is 11.6. The first-order chi connectivity index (χ1) is 15.2. The maximum Gasteiger partial charge on any atom is 0.153 e. The van der Waals surface area contributed by atoms with Gasteiger partial charge in [0, 0.05) is 69.4 Å². The first-order valence-electron chi connectivity index (χ1n) is 11.1. The summed E-state index contributed by atoms with van der Waals surface area (Å²) in [5, 5.41) is 0.725. The van der Waals surface area contributed by atoms with Crippen molar-refractivity contribution in [3.63, 3.8) is 0 Å². The van der Waals surface area contributed by atoms with Crippen molar-refractivity contribution < 1.29 is 9.47 Å². The summed E-state index contributed by atoms with van der Waals surface area (Å²) in [6.45, 7) is 10.2. The van der Waals surface area contributed by atoms with Crippen molar-refractivity contribution in [2.45, 2.75) is 6.42 Å². The Bertz CT molecular complexity index is 937. The number of amidine groups is 1. The van der Waals surface area contributed by atoms with E-state index in [4.69, 9.17) is 26.1 Å². The number of fused-ring (bicyclic) bond motifs is 2. The quantitative estimate of drug-likeness (QED) is 0.728. The van der Waals surface area contributed by atoms with Crippen molar-refractivity contribution in [3.05, 3.63) is 53.1 Å². The molecule has 3 heterocycles. The van der Waals surface area contributed by atoms with Gasteiger partial charge in [0.15, 0.2) is 5.75 Å². The SMILES string of the molecule is Clc1ccc2c(c1)CC(N1CCN(CCN3CCOCC3)CC1)=Nc1ccccc1O2. The zero-order valence-corrected chi connectivity index (χ0v) is 18.6. The van der Waals surface area contributed by atoms with E-state index in [2.05, 4.69) is 14.7 Å². The molecule has 31 heavy (non-hydrogen) atoms. The highest BCUT2D eigenvalue weighted by atomic mass is 35.5. The molecule has 0 spiro atoms. The summed E-state index contributed by atoms with van der Waals surface area (Å²) in [5.74, 6) is 2.73. The number of ether oxygens (including phenoxy) is 2. The van der Waals surface area contributed by atoms with Crippen LogP contribution in [0.1, 0.15) is 5.56 Å². The third-order valence-corrected chi connectivity index (χ3v) is 6.51. The molecule has 3 aliphatic heterocycles. The van der Waals surface area contributed by atoms with Crippen LogP contribution in [0.2, 0.25) is 5.02 Å². The van der Waals surface area contributed by atoms with Gasteiger partial charge in [0.25, 0.3) is 0 Å². The number of hydrogen-bond acceptors (Lipinski definition) is 6. The second-order valence-electron chi connectivity index (χ2n) is 8.31. The number of morpholine rings is 1. The Morgan fingerprint density at radius 3 is 2.39 bits per heavy atom. The van der Waals surface area contributed by atoms with Crippen LogP contribution in [0.5, 0.6) is 11.5 Å². The summed E-state index contributed by atoms with van der Waals surface area (Å²) in [4.78, 5) is 12.5. The minimum Gasteiger partial charge on any atom is -0.455 e. The standard InChI is InChI=1S/C24H29ClN4O2/c25-20-5-6-22-19(17-20)18-24(26-21-3-1-2-4-23(21)31-22)29-11-9-27(10-12-29)7-8-28-13-15-30-16-14-28/h1-6,17H,7-16,18H2. The number of benzene rings is 2. The van der Waals surface area contributed by atoms with E-state index in [0.29, 0.717) is 0 Å². The van der Waals surface area contributed by atoms with Crippen LogP contribution in [0.3, 0.4) is 0 Å². The third kappa shape index (κ3) is 5.04. The van der Waals surface area contributed by atoms with Crippen LogP contribution < -0.4 is 4.74 Å². The van der Waals surface area contributed by atoms with Crippen molar-refractivity contribution in [2.75, 3.05) is 65.6 Å². The Morgan fingerprint density at radius 2 is 1.58 bits per heavy atom. The maximum absolute atomic E-state index is 6.29. The normalized spacial score (nSPS) is 20.2. The predicted octanol–water partition coefficient (Wildman–Crippen LogP) is 3.67. The summed E-state index contributed by atoms with van der Waals surface area (Å²) in [6, 6.07) is 13.8. The number of para-hydroxylation sites is 2. The highest BCUT2D eigenvalue weighted by Gasteiger charge is 2.24. The van der Waals surface area contributed by atoms with E-state index in [1.54, 1.807) is 0 Å². The fourth-order valence-electron chi connectivity index (χ4n) is 4.41. The van der Waals surface area contributed by atoms with Gasteiger partial charge in [-0.2, -0.15) is 0 Å². The van der Waals surface area contributed by atoms with E-state index in [9.17, 15) is 0 Å². The molecule has 0 amide bonds. The molecule has 0 radical (unpaired) electrons. The van der Waals surface area contributed by atoms with Gasteiger partial charge in [-0.15, -0.1) is 0 Å². The Balaban J connectivity index is 1.29. The van der Waals surface area contributed by atoms with Crippen LogP contribution in [0, 0.1) is 0 Å². The van der Waals surface area contributed by atoms with Gasteiger partial charge in [-0.05, 0) is 30.3 Å². The molecular formula is C24H29ClN4O2. The van der Waals surface area contributed by atoms with E-state index in [-0.39, 0.29) is 0 Å². The van der Waals surface area contributed by atoms with Gasteiger partial charge in [0.2, 0.25) is 0 Å². The van der Waals surface area contributed by atoms with E-state index in [1.807, 2.05) is 42.5 Å². The molecule has 164 valence electrons. The third-order valence-electron chi connectivity index (χ3n) is 6.28. The molecule has 2 aromatic carbocycles. The molecule has 0 unspecified atom stereocenters. The van der Waals surface area contributed by atoms with E-state index >= 15 is 0 Å². The summed E-state index contributed by atoms with van der Waals surface area (Å²) in [6.07, 6.45) is 0.720. The monoisotopic (exact) mass is 440 g/mol.